The Kier molecular flexibility index (Phi) is 6.86. The highest BCUT2D eigenvalue weighted by Gasteiger charge is 2.26. The van der Waals surface area contributed by atoms with Crippen LogP contribution in [0.25, 0.3) is 0 Å². The van der Waals surface area contributed by atoms with E-state index in [4.69, 9.17) is 9.47 Å². The third kappa shape index (κ3) is 6.51. The summed E-state index contributed by atoms with van der Waals surface area (Å²) < 4.78 is 41.2. The lowest BCUT2D eigenvalue weighted by molar-refractivity contribution is -0.264. The van der Waals surface area contributed by atoms with Crippen LogP contribution in [0.3, 0.4) is 0 Å². The maximum absolute atomic E-state index is 12.8. The molecule has 1 amide bonds. The number of halogens is 2. The molecule has 1 aromatic heterocycles. The Labute approximate surface area is 178 Å². The van der Waals surface area contributed by atoms with Crippen molar-refractivity contribution in [2.45, 2.75) is 39.8 Å². The Morgan fingerprint density at radius 2 is 1.87 bits per heavy atom. The van der Waals surface area contributed by atoms with Gasteiger partial charge in [-0.05, 0) is 24.6 Å². The smallest absolute Gasteiger partial charge is 0.348 e. The van der Waals surface area contributed by atoms with Gasteiger partial charge in [0.05, 0.1) is 0 Å². The van der Waals surface area contributed by atoms with Gasteiger partial charge in [-0.25, -0.2) is 0 Å². The van der Waals surface area contributed by atoms with E-state index in [9.17, 15) is 13.6 Å². The highest BCUT2D eigenvalue weighted by molar-refractivity contribution is 6.04. The van der Waals surface area contributed by atoms with Crippen molar-refractivity contribution in [2.75, 3.05) is 5.32 Å². The molecule has 0 bridgehead atoms. The van der Waals surface area contributed by atoms with Crippen molar-refractivity contribution in [3.05, 3.63) is 71.4 Å². The minimum atomic E-state index is -3.02. The van der Waals surface area contributed by atoms with Crippen molar-refractivity contribution in [3.63, 3.8) is 0 Å². The molecule has 2 N–H and O–H groups in total. The molecule has 0 aliphatic heterocycles. The standard InChI is InChI=1S/C22H23F2N3O4/c1-14-12-25-27-19(14)26-20(28)16-9-17(29-13-15-7-5-4-6-8-15)11-18(10-16)30-22(2,3)31-21(23)24/h4-12,21H,13H2,1-3H3,(H2,25,26,27,28). The number of hydrogen-bond acceptors (Lipinski definition) is 5. The molecular weight excluding hydrogens is 408 g/mol. The topological polar surface area (TPSA) is 85.5 Å². The molecule has 0 aliphatic carbocycles. The fraction of sp³-hybridized carbons (Fsp3) is 0.273. The summed E-state index contributed by atoms with van der Waals surface area (Å²) in [6.07, 6.45) is 1.65. The van der Waals surface area contributed by atoms with Crippen molar-refractivity contribution < 1.29 is 27.8 Å². The average Bonchev–Trinajstić information content (AvgIpc) is 3.10. The first-order valence-corrected chi connectivity index (χ1v) is 9.50. The van der Waals surface area contributed by atoms with E-state index in [0.29, 0.717) is 11.6 Å². The SMILES string of the molecule is Cc1c[nH]nc1NC(=O)c1cc(OCc2ccccc2)cc(OC(C)(C)OC(F)F)c1. The summed E-state index contributed by atoms with van der Waals surface area (Å²) in [7, 11) is 0. The molecule has 2 aromatic carbocycles. The molecular formula is C22H23F2N3O4. The number of H-pyrrole nitrogens is 1. The second-order valence-electron chi connectivity index (χ2n) is 7.22. The van der Waals surface area contributed by atoms with Gasteiger partial charge in [-0.3, -0.25) is 14.6 Å². The predicted molar refractivity (Wildman–Crippen MR) is 110 cm³/mol. The second kappa shape index (κ2) is 9.57. The third-order valence-corrected chi connectivity index (χ3v) is 4.19. The molecule has 0 fully saturated rings. The number of aryl methyl sites for hydroxylation is 1. The molecule has 0 saturated heterocycles. The normalized spacial score (nSPS) is 11.4. The first kappa shape index (κ1) is 22.2. The fourth-order valence-corrected chi connectivity index (χ4v) is 2.76. The third-order valence-electron chi connectivity index (χ3n) is 4.19. The summed E-state index contributed by atoms with van der Waals surface area (Å²) in [5.74, 6) is -1.24. The lowest BCUT2D eigenvalue weighted by Crippen LogP contribution is -2.34. The van der Waals surface area contributed by atoms with Gasteiger partial charge >= 0.3 is 6.61 Å². The molecule has 0 atom stereocenters. The van der Waals surface area contributed by atoms with Gasteiger partial charge in [-0.15, -0.1) is 0 Å². The van der Waals surface area contributed by atoms with Gasteiger partial charge in [0.2, 0.25) is 5.79 Å². The zero-order valence-electron chi connectivity index (χ0n) is 17.3. The number of nitrogens with one attached hydrogen (secondary N) is 2. The first-order chi connectivity index (χ1) is 14.7. The lowest BCUT2D eigenvalue weighted by atomic mass is 10.1. The van der Waals surface area contributed by atoms with Crippen molar-refractivity contribution in [1.29, 1.82) is 0 Å². The number of benzene rings is 2. The number of anilines is 1. The van der Waals surface area contributed by atoms with Crippen LogP contribution in [0.2, 0.25) is 0 Å². The van der Waals surface area contributed by atoms with E-state index in [2.05, 4.69) is 20.3 Å². The molecule has 0 spiro atoms. The highest BCUT2D eigenvalue weighted by Crippen LogP contribution is 2.28. The van der Waals surface area contributed by atoms with Gasteiger partial charge in [0, 0.05) is 37.2 Å². The van der Waals surface area contributed by atoms with Gasteiger partial charge < -0.3 is 14.8 Å². The van der Waals surface area contributed by atoms with Crippen LogP contribution in [0.1, 0.15) is 35.3 Å². The molecule has 0 aliphatic rings. The molecule has 3 rings (SSSR count). The number of carbonyl (C=O) groups excluding carboxylic acids is 1. The molecule has 1 heterocycles. The van der Waals surface area contributed by atoms with Gasteiger partial charge in [-0.1, -0.05) is 30.3 Å². The Morgan fingerprint density at radius 3 is 2.52 bits per heavy atom. The number of ether oxygens (including phenoxy) is 3. The zero-order chi connectivity index (χ0) is 22.4. The zero-order valence-corrected chi connectivity index (χ0v) is 17.3. The number of nitrogens with zero attached hydrogens (tertiary/aromatic N) is 1. The van der Waals surface area contributed by atoms with E-state index in [1.54, 1.807) is 13.1 Å². The quantitative estimate of drug-likeness (QED) is 0.471. The molecule has 0 radical (unpaired) electrons. The van der Waals surface area contributed by atoms with E-state index in [1.165, 1.54) is 32.0 Å². The Balaban J connectivity index is 1.85. The molecule has 31 heavy (non-hydrogen) atoms. The van der Waals surface area contributed by atoms with Crippen LogP contribution in [0.4, 0.5) is 14.6 Å². The van der Waals surface area contributed by atoms with Crippen molar-refractivity contribution in [1.82, 2.24) is 10.2 Å². The minimum absolute atomic E-state index is 0.139. The van der Waals surface area contributed by atoms with Crippen LogP contribution in [-0.2, 0) is 11.3 Å². The number of hydrogen-bond donors (Lipinski definition) is 2. The number of aromatic nitrogens is 2. The molecule has 9 heteroatoms. The van der Waals surface area contributed by atoms with Gasteiger partial charge in [0.25, 0.3) is 5.91 Å². The second-order valence-corrected chi connectivity index (χ2v) is 7.22. The molecule has 164 valence electrons. The number of rotatable bonds is 9. The summed E-state index contributed by atoms with van der Waals surface area (Å²) in [6, 6.07) is 13.9. The van der Waals surface area contributed by atoms with Gasteiger partial charge in [0.15, 0.2) is 5.82 Å². The largest absolute Gasteiger partial charge is 0.489 e. The van der Waals surface area contributed by atoms with E-state index < -0.39 is 18.3 Å². The molecule has 0 unspecified atom stereocenters. The number of aromatic amines is 1. The van der Waals surface area contributed by atoms with Crippen molar-refractivity contribution in [2.24, 2.45) is 0 Å². The van der Waals surface area contributed by atoms with Gasteiger partial charge in [0.1, 0.15) is 18.1 Å². The van der Waals surface area contributed by atoms with E-state index in [0.717, 1.165) is 11.1 Å². The van der Waals surface area contributed by atoms with E-state index >= 15 is 0 Å². The minimum Gasteiger partial charge on any atom is -0.489 e. The Bertz CT molecular complexity index is 1020. The summed E-state index contributed by atoms with van der Waals surface area (Å²) in [4.78, 5) is 12.8. The first-order valence-electron chi connectivity index (χ1n) is 9.50. The van der Waals surface area contributed by atoms with Crippen LogP contribution in [0, 0.1) is 6.92 Å². The molecule has 0 saturated carbocycles. The highest BCUT2D eigenvalue weighted by atomic mass is 19.3. The van der Waals surface area contributed by atoms with Gasteiger partial charge in [-0.2, -0.15) is 13.9 Å². The molecule has 3 aromatic rings. The summed E-state index contributed by atoms with van der Waals surface area (Å²) in [6.45, 7) is 1.73. The van der Waals surface area contributed by atoms with Crippen LogP contribution in [-0.4, -0.2) is 28.5 Å². The Morgan fingerprint density at radius 1 is 1.16 bits per heavy atom. The number of alkyl halides is 2. The maximum atomic E-state index is 12.8. The average molecular weight is 431 g/mol. The molecule has 7 nitrogen and oxygen atoms in total. The fourth-order valence-electron chi connectivity index (χ4n) is 2.76. The number of amides is 1. The van der Waals surface area contributed by atoms with Crippen LogP contribution < -0.4 is 14.8 Å². The lowest BCUT2D eigenvalue weighted by Gasteiger charge is -2.26. The summed E-state index contributed by atoms with van der Waals surface area (Å²) >= 11 is 0. The van der Waals surface area contributed by atoms with Crippen LogP contribution in [0.5, 0.6) is 11.5 Å². The maximum Gasteiger partial charge on any atom is 0.348 e. The van der Waals surface area contributed by atoms with E-state index in [1.807, 2.05) is 30.3 Å². The number of carbonyl (C=O) groups is 1. The van der Waals surface area contributed by atoms with Crippen molar-refractivity contribution >= 4 is 11.7 Å². The van der Waals surface area contributed by atoms with Crippen LogP contribution in [0.15, 0.2) is 54.7 Å². The predicted octanol–water partition coefficient (Wildman–Crippen LogP) is 4.90. The Hall–Kier alpha value is -3.46. The monoisotopic (exact) mass is 431 g/mol. The summed E-state index contributed by atoms with van der Waals surface area (Å²) in [5, 5.41) is 9.32. The summed E-state index contributed by atoms with van der Waals surface area (Å²) in [5.41, 5.74) is 1.89. The van der Waals surface area contributed by atoms with Crippen molar-refractivity contribution in [3.8, 4) is 11.5 Å². The van der Waals surface area contributed by atoms with Crippen LogP contribution >= 0.6 is 0 Å². The van der Waals surface area contributed by atoms with E-state index in [-0.39, 0.29) is 17.9 Å².